The van der Waals surface area contributed by atoms with E-state index in [1.54, 1.807) is 19.9 Å². The minimum Gasteiger partial charge on any atom is -0.491 e. The van der Waals surface area contributed by atoms with Gasteiger partial charge in [-0.1, -0.05) is 24.6 Å². The lowest BCUT2D eigenvalue weighted by Crippen LogP contribution is -2.30. The van der Waals surface area contributed by atoms with E-state index in [4.69, 9.17) is 21.4 Å². The second-order valence-electron chi connectivity index (χ2n) is 5.02. The normalized spacial score (nSPS) is 11.4. The standard InChI is InChI=1S/C14H20ClNO3/c1-4-16-8-10-5-6-12(11(15)7-10)19-9-14(2,3)13(17)18/h5-7,16H,4,8-9H2,1-3H3,(H,17,18). The fourth-order valence-electron chi connectivity index (χ4n) is 1.36. The molecule has 0 heterocycles. The summed E-state index contributed by atoms with van der Waals surface area (Å²) in [6.45, 7) is 6.98. The number of carboxylic acid groups (broad SMARTS) is 1. The van der Waals surface area contributed by atoms with Crippen molar-refractivity contribution in [3.63, 3.8) is 0 Å². The molecule has 0 aliphatic carbocycles. The van der Waals surface area contributed by atoms with E-state index >= 15 is 0 Å². The van der Waals surface area contributed by atoms with Gasteiger partial charge in [0.25, 0.3) is 0 Å². The van der Waals surface area contributed by atoms with Crippen molar-refractivity contribution in [1.82, 2.24) is 5.32 Å². The van der Waals surface area contributed by atoms with Gasteiger partial charge in [-0.15, -0.1) is 0 Å². The van der Waals surface area contributed by atoms with Crippen LogP contribution in [0.2, 0.25) is 5.02 Å². The molecule has 0 spiro atoms. The molecule has 0 unspecified atom stereocenters. The lowest BCUT2D eigenvalue weighted by Gasteiger charge is -2.20. The van der Waals surface area contributed by atoms with Gasteiger partial charge in [-0.2, -0.15) is 0 Å². The van der Waals surface area contributed by atoms with Crippen LogP contribution >= 0.6 is 11.6 Å². The van der Waals surface area contributed by atoms with Crippen LogP contribution in [0, 0.1) is 5.41 Å². The third-order valence-corrected chi connectivity index (χ3v) is 3.04. The monoisotopic (exact) mass is 285 g/mol. The van der Waals surface area contributed by atoms with Crippen molar-refractivity contribution in [2.75, 3.05) is 13.2 Å². The molecule has 0 atom stereocenters. The second-order valence-corrected chi connectivity index (χ2v) is 5.43. The minimum atomic E-state index is -0.939. The summed E-state index contributed by atoms with van der Waals surface area (Å²) in [4.78, 5) is 11.0. The van der Waals surface area contributed by atoms with Gasteiger partial charge in [-0.05, 0) is 38.1 Å². The Morgan fingerprint density at radius 2 is 2.16 bits per heavy atom. The molecule has 0 aromatic heterocycles. The number of nitrogens with one attached hydrogen (secondary N) is 1. The first kappa shape index (κ1) is 15.8. The topological polar surface area (TPSA) is 58.6 Å². The van der Waals surface area contributed by atoms with Crippen molar-refractivity contribution in [1.29, 1.82) is 0 Å². The zero-order chi connectivity index (χ0) is 14.5. The fourth-order valence-corrected chi connectivity index (χ4v) is 1.62. The quantitative estimate of drug-likeness (QED) is 0.809. The first-order valence-corrected chi connectivity index (χ1v) is 6.60. The molecule has 0 saturated carbocycles. The zero-order valence-electron chi connectivity index (χ0n) is 11.5. The Balaban J connectivity index is 2.67. The summed E-state index contributed by atoms with van der Waals surface area (Å²) in [6, 6.07) is 5.51. The Hall–Kier alpha value is -1.26. The predicted molar refractivity (Wildman–Crippen MR) is 75.7 cm³/mol. The predicted octanol–water partition coefficient (Wildman–Crippen LogP) is 2.94. The molecular formula is C14H20ClNO3. The van der Waals surface area contributed by atoms with Crippen LogP contribution in [0.25, 0.3) is 0 Å². The van der Waals surface area contributed by atoms with E-state index in [0.29, 0.717) is 10.8 Å². The third-order valence-electron chi connectivity index (χ3n) is 2.74. The average molecular weight is 286 g/mol. The molecule has 2 N–H and O–H groups in total. The molecule has 1 aromatic rings. The Kier molecular flexibility index (Phi) is 5.63. The summed E-state index contributed by atoms with van der Waals surface area (Å²) in [7, 11) is 0. The Morgan fingerprint density at radius 1 is 1.47 bits per heavy atom. The summed E-state index contributed by atoms with van der Waals surface area (Å²) in [5.74, 6) is -0.386. The van der Waals surface area contributed by atoms with E-state index in [9.17, 15) is 4.79 Å². The molecule has 0 radical (unpaired) electrons. The van der Waals surface area contributed by atoms with Crippen LogP contribution in [0.15, 0.2) is 18.2 Å². The van der Waals surface area contributed by atoms with Gasteiger partial charge < -0.3 is 15.2 Å². The highest BCUT2D eigenvalue weighted by Gasteiger charge is 2.28. The minimum absolute atomic E-state index is 0.0780. The van der Waals surface area contributed by atoms with Gasteiger partial charge >= 0.3 is 5.97 Å². The molecule has 0 saturated heterocycles. The van der Waals surface area contributed by atoms with Crippen molar-refractivity contribution in [3.8, 4) is 5.75 Å². The average Bonchev–Trinajstić information content (AvgIpc) is 2.35. The molecule has 5 heteroatoms. The van der Waals surface area contributed by atoms with E-state index < -0.39 is 11.4 Å². The van der Waals surface area contributed by atoms with E-state index in [-0.39, 0.29) is 6.61 Å². The van der Waals surface area contributed by atoms with Gasteiger partial charge in [0, 0.05) is 6.54 Å². The molecule has 0 bridgehead atoms. The Morgan fingerprint density at radius 3 is 2.68 bits per heavy atom. The number of halogens is 1. The van der Waals surface area contributed by atoms with Gasteiger partial charge in [0.2, 0.25) is 0 Å². The highest BCUT2D eigenvalue weighted by atomic mass is 35.5. The first-order valence-electron chi connectivity index (χ1n) is 6.22. The second kappa shape index (κ2) is 6.78. The summed E-state index contributed by atoms with van der Waals surface area (Å²) in [6.07, 6.45) is 0. The van der Waals surface area contributed by atoms with Crippen molar-refractivity contribution in [2.24, 2.45) is 5.41 Å². The maximum Gasteiger partial charge on any atom is 0.312 e. The van der Waals surface area contributed by atoms with Gasteiger partial charge in [-0.25, -0.2) is 0 Å². The van der Waals surface area contributed by atoms with Crippen LogP contribution < -0.4 is 10.1 Å². The van der Waals surface area contributed by atoms with Crippen LogP contribution in [0.3, 0.4) is 0 Å². The summed E-state index contributed by atoms with van der Waals surface area (Å²) in [5, 5.41) is 12.7. The molecule has 1 aromatic carbocycles. The molecule has 19 heavy (non-hydrogen) atoms. The number of ether oxygens (including phenoxy) is 1. The molecule has 0 aliphatic rings. The van der Waals surface area contributed by atoms with Gasteiger partial charge in [-0.3, -0.25) is 4.79 Å². The van der Waals surface area contributed by atoms with Crippen LogP contribution in [0.5, 0.6) is 5.75 Å². The summed E-state index contributed by atoms with van der Waals surface area (Å²) >= 11 is 6.12. The number of aliphatic carboxylic acids is 1. The number of hydrogen-bond donors (Lipinski definition) is 2. The maximum absolute atomic E-state index is 11.0. The molecule has 0 aliphatic heterocycles. The number of rotatable bonds is 7. The fraction of sp³-hybridized carbons (Fsp3) is 0.500. The van der Waals surface area contributed by atoms with Gasteiger partial charge in [0.05, 0.1) is 10.4 Å². The summed E-state index contributed by atoms with van der Waals surface area (Å²) in [5.41, 5.74) is 0.128. The smallest absolute Gasteiger partial charge is 0.312 e. The number of hydrogen-bond acceptors (Lipinski definition) is 3. The van der Waals surface area contributed by atoms with Crippen LogP contribution in [0.4, 0.5) is 0 Å². The Bertz CT molecular complexity index is 446. The van der Waals surface area contributed by atoms with Crippen LogP contribution in [-0.2, 0) is 11.3 Å². The van der Waals surface area contributed by atoms with Crippen molar-refractivity contribution < 1.29 is 14.6 Å². The van der Waals surface area contributed by atoms with E-state index in [1.165, 1.54) is 0 Å². The first-order chi connectivity index (χ1) is 8.86. The zero-order valence-corrected chi connectivity index (χ0v) is 12.3. The highest BCUT2D eigenvalue weighted by Crippen LogP contribution is 2.27. The van der Waals surface area contributed by atoms with E-state index in [2.05, 4.69) is 5.32 Å². The molecule has 106 valence electrons. The van der Waals surface area contributed by atoms with E-state index in [0.717, 1.165) is 18.7 Å². The number of benzene rings is 1. The molecule has 0 amide bonds. The van der Waals surface area contributed by atoms with Crippen molar-refractivity contribution in [3.05, 3.63) is 28.8 Å². The van der Waals surface area contributed by atoms with Crippen LogP contribution in [-0.4, -0.2) is 24.2 Å². The van der Waals surface area contributed by atoms with Gasteiger partial charge in [0.1, 0.15) is 12.4 Å². The summed E-state index contributed by atoms with van der Waals surface area (Å²) < 4.78 is 5.49. The lowest BCUT2D eigenvalue weighted by atomic mass is 9.95. The molecule has 1 rings (SSSR count). The number of carbonyl (C=O) groups is 1. The van der Waals surface area contributed by atoms with Crippen LogP contribution in [0.1, 0.15) is 26.3 Å². The number of carboxylic acids is 1. The lowest BCUT2D eigenvalue weighted by molar-refractivity contribution is -0.148. The van der Waals surface area contributed by atoms with E-state index in [1.807, 2.05) is 19.1 Å². The molecular weight excluding hydrogens is 266 g/mol. The third kappa shape index (κ3) is 4.73. The highest BCUT2D eigenvalue weighted by molar-refractivity contribution is 6.32. The molecule has 4 nitrogen and oxygen atoms in total. The SMILES string of the molecule is CCNCc1ccc(OCC(C)(C)C(=O)O)c(Cl)c1. The largest absolute Gasteiger partial charge is 0.491 e. The van der Waals surface area contributed by atoms with Crippen molar-refractivity contribution >= 4 is 17.6 Å². The Labute approximate surface area is 118 Å². The maximum atomic E-state index is 11.0. The molecule has 0 fully saturated rings. The van der Waals surface area contributed by atoms with Gasteiger partial charge in [0.15, 0.2) is 0 Å². The van der Waals surface area contributed by atoms with Crippen molar-refractivity contribution in [2.45, 2.75) is 27.3 Å².